The van der Waals surface area contributed by atoms with Gasteiger partial charge in [0, 0.05) is 25.4 Å². The molecule has 0 aliphatic heterocycles. The standard InChI is InChI=1S/C15H22N4O/c1-12(2)10-19-15(17-11-18-19)8-14(20)6-5-13-4-3-7-16-9-13/h3-4,7,9,11-12,14,20H,5-6,8,10H2,1-2H3. The first kappa shape index (κ1) is 14.7. The van der Waals surface area contributed by atoms with E-state index in [-0.39, 0.29) is 0 Å². The lowest BCUT2D eigenvalue weighted by Crippen LogP contribution is -2.18. The SMILES string of the molecule is CC(C)Cn1ncnc1CC(O)CCc1cccnc1. The van der Waals surface area contributed by atoms with E-state index < -0.39 is 6.10 Å². The molecule has 0 saturated carbocycles. The van der Waals surface area contributed by atoms with Crippen LogP contribution < -0.4 is 0 Å². The third-order valence-corrected chi connectivity index (χ3v) is 3.14. The molecule has 2 aromatic heterocycles. The minimum Gasteiger partial charge on any atom is -0.393 e. The van der Waals surface area contributed by atoms with Gasteiger partial charge in [-0.15, -0.1) is 0 Å². The molecule has 1 N–H and O–H groups in total. The van der Waals surface area contributed by atoms with E-state index in [1.165, 1.54) is 0 Å². The maximum atomic E-state index is 10.1. The number of rotatable bonds is 7. The summed E-state index contributed by atoms with van der Waals surface area (Å²) in [6.07, 6.45) is 6.85. The highest BCUT2D eigenvalue weighted by atomic mass is 16.3. The quantitative estimate of drug-likeness (QED) is 0.837. The predicted octanol–water partition coefficient (Wildman–Crippen LogP) is 1.87. The van der Waals surface area contributed by atoms with Gasteiger partial charge in [-0.2, -0.15) is 5.10 Å². The zero-order valence-corrected chi connectivity index (χ0v) is 12.1. The van der Waals surface area contributed by atoms with E-state index in [2.05, 4.69) is 28.9 Å². The van der Waals surface area contributed by atoms with E-state index in [0.29, 0.717) is 18.8 Å². The monoisotopic (exact) mass is 274 g/mol. The van der Waals surface area contributed by atoms with Gasteiger partial charge in [-0.05, 0) is 30.4 Å². The van der Waals surface area contributed by atoms with Crippen LogP contribution in [0.15, 0.2) is 30.9 Å². The molecule has 108 valence electrons. The van der Waals surface area contributed by atoms with Crippen molar-refractivity contribution in [1.29, 1.82) is 0 Å². The van der Waals surface area contributed by atoms with E-state index in [9.17, 15) is 5.11 Å². The van der Waals surface area contributed by atoms with Crippen molar-refractivity contribution in [3.8, 4) is 0 Å². The lowest BCUT2D eigenvalue weighted by Gasteiger charge is -2.12. The average molecular weight is 274 g/mol. The first-order chi connectivity index (χ1) is 9.65. The molecule has 5 heteroatoms. The summed E-state index contributed by atoms with van der Waals surface area (Å²) in [6, 6.07) is 3.95. The molecule has 2 aromatic rings. The van der Waals surface area contributed by atoms with Crippen molar-refractivity contribution in [3.63, 3.8) is 0 Å². The Morgan fingerprint density at radius 1 is 1.35 bits per heavy atom. The number of hydrogen-bond donors (Lipinski definition) is 1. The molecule has 20 heavy (non-hydrogen) atoms. The number of pyridine rings is 1. The van der Waals surface area contributed by atoms with Crippen LogP contribution in [0.5, 0.6) is 0 Å². The van der Waals surface area contributed by atoms with Gasteiger partial charge in [0.05, 0.1) is 6.10 Å². The van der Waals surface area contributed by atoms with Gasteiger partial charge < -0.3 is 5.11 Å². The molecule has 2 rings (SSSR count). The fraction of sp³-hybridized carbons (Fsp3) is 0.533. The Hall–Kier alpha value is -1.75. The maximum absolute atomic E-state index is 10.1. The Morgan fingerprint density at radius 3 is 2.90 bits per heavy atom. The highest BCUT2D eigenvalue weighted by Crippen LogP contribution is 2.09. The second-order valence-corrected chi connectivity index (χ2v) is 5.51. The summed E-state index contributed by atoms with van der Waals surface area (Å²) in [5, 5.41) is 14.4. The minimum absolute atomic E-state index is 0.398. The normalized spacial score (nSPS) is 12.8. The third-order valence-electron chi connectivity index (χ3n) is 3.14. The zero-order chi connectivity index (χ0) is 14.4. The maximum Gasteiger partial charge on any atom is 0.138 e. The fourth-order valence-corrected chi connectivity index (χ4v) is 2.14. The van der Waals surface area contributed by atoms with Crippen LogP contribution in [0.3, 0.4) is 0 Å². The summed E-state index contributed by atoms with van der Waals surface area (Å²) in [4.78, 5) is 8.32. The molecule has 0 radical (unpaired) electrons. The van der Waals surface area contributed by atoms with E-state index in [4.69, 9.17) is 0 Å². The molecule has 1 unspecified atom stereocenters. The largest absolute Gasteiger partial charge is 0.393 e. The van der Waals surface area contributed by atoms with Gasteiger partial charge in [-0.1, -0.05) is 19.9 Å². The highest BCUT2D eigenvalue weighted by molar-refractivity contribution is 5.08. The van der Waals surface area contributed by atoms with Crippen molar-refractivity contribution in [3.05, 3.63) is 42.2 Å². The van der Waals surface area contributed by atoms with E-state index in [1.807, 2.05) is 23.0 Å². The Labute approximate surface area is 119 Å². The number of aryl methyl sites for hydroxylation is 1. The lowest BCUT2D eigenvalue weighted by atomic mass is 10.1. The molecule has 1 atom stereocenters. The van der Waals surface area contributed by atoms with E-state index in [0.717, 1.165) is 24.4 Å². The summed E-state index contributed by atoms with van der Waals surface area (Å²) in [5.74, 6) is 1.38. The van der Waals surface area contributed by atoms with Crippen LogP contribution in [0.25, 0.3) is 0 Å². The van der Waals surface area contributed by atoms with Crippen LogP contribution in [0.1, 0.15) is 31.7 Å². The van der Waals surface area contributed by atoms with Crippen molar-refractivity contribution in [2.75, 3.05) is 0 Å². The molecule has 0 bridgehead atoms. The molecule has 0 aromatic carbocycles. The Kier molecular flexibility index (Phi) is 5.24. The predicted molar refractivity (Wildman–Crippen MR) is 77.1 cm³/mol. The highest BCUT2D eigenvalue weighted by Gasteiger charge is 2.12. The summed E-state index contributed by atoms with van der Waals surface area (Å²) >= 11 is 0. The van der Waals surface area contributed by atoms with Crippen molar-refractivity contribution in [2.45, 2.75) is 45.8 Å². The first-order valence-electron chi connectivity index (χ1n) is 7.09. The summed E-state index contributed by atoms with van der Waals surface area (Å²) < 4.78 is 1.89. The van der Waals surface area contributed by atoms with Crippen LogP contribution in [-0.4, -0.2) is 31.0 Å². The first-order valence-corrected chi connectivity index (χ1v) is 7.09. The topological polar surface area (TPSA) is 63.8 Å². The van der Waals surface area contributed by atoms with Gasteiger partial charge in [0.25, 0.3) is 0 Å². The second-order valence-electron chi connectivity index (χ2n) is 5.51. The summed E-state index contributed by atoms with van der Waals surface area (Å²) in [6.45, 7) is 5.12. The molecule has 0 saturated heterocycles. The number of nitrogens with zero attached hydrogens (tertiary/aromatic N) is 4. The van der Waals surface area contributed by atoms with Crippen molar-refractivity contribution in [1.82, 2.24) is 19.7 Å². The molecular formula is C15H22N4O. The second kappa shape index (κ2) is 7.14. The molecule has 0 spiro atoms. The molecule has 2 heterocycles. The van der Waals surface area contributed by atoms with Crippen LogP contribution in [0.4, 0.5) is 0 Å². The molecule has 0 aliphatic carbocycles. The molecule has 5 nitrogen and oxygen atoms in total. The molecule has 0 fully saturated rings. The number of hydrogen-bond acceptors (Lipinski definition) is 4. The third kappa shape index (κ3) is 4.42. The summed E-state index contributed by atoms with van der Waals surface area (Å²) in [5.41, 5.74) is 1.15. The van der Waals surface area contributed by atoms with Crippen molar-refractivity contribution < 1.29 is 5.11 Å². The van der Waals surface area contributed by atoms with Crippen molar-refractivity contribution in [2.24, 2.45) is 5.92 Å². The Balaban J connectivity index is 1.85. The van der Waals surface area contributed by atoms with E-state index in [1.54, 1.807) is 12.5 Å². The van der Waals surface area contributed by atoms with Crippen LogP contribution in [0.2, 0.25) is 0 Å². The molecule has 0 aliphatic rings. The minimum atomic E-state index is -0.398. The molecule has 0 amide bonds. The van der Waals surface area contributed by atoms with E-state index >= 15 is 0 Å². The Morgan fingerprint density at radius 2 is 2.20 bits per heavy atom. The zero-order valence-electron chi connectivity index (χ0n) is 12.1. The fourth-order valence-electron chi connectivity index (χ4n) is 2.14. The van der Waals surface area contributed by atoms with Gasteiger partial charge >= 0.3 is 0 Å². The van der Waals surface area contributed by atoms with Crippen LogP contribution in [-0.2, 0) is 19.4 Å². The van der Waals surface area contributed by atoms with Gasteiger partial charge in [0.1, 0.15) is 12.2 Å². The van der Waals surface area contributed by atoms with Crippen molar-refractivity contribution >= 4 is 0 Å². The molecular weight excluding hydrogens is 252 g/mol. The smallest absolute Gasteiger partial charge is 0.138 e. The van der Waals surface area contributed by atoms with Gasteiger partial charge in [-0.25, -0.2) is 9.67 Å². The number of aliphatic hydroxyl groups excluding tert-OH is 1. The number of aliphatic hydroxyl groups is 1. The van der Waals surface area contributed by atoms with Crippen LogP contribution in [0, 0.1) is 5.92 Å². The van der Waals surface area contributed by atoms with Gasteiger partial charge in [-0.3, -0.25) is 4.98 Å². The lowest BCUT2D eigenvalue weighted by molar-refractivity contribution is 0.160. The summed E-state index contributed by atoms with van der Waals surface area (Å²) in [7, 11) is 0. The van der Waals surface area contributed by atoms with Gasteiger partial charge in [0.15, 0.2) is 0 Å². The number of aromatic nitrogens is 4. The average Bonchev–Trinajstić information content (AvgIpc) is 2.84. The Bertz CT molecular complexity index is 510. The van der Waals surface area contributed by atoms with Crippen LogP contribution >= 0.6 is 0 Å². The van der Waals surface area contributed by atoms with Gasteiger partial charge in [0.2, 0.25) is 0 Å².